The van der Waals surface area contributed by atoms with Gasteiger partial charge in [-0.2, -0.15) is 0 Å². The molecule has 2 amide bonds. The highest BCUT2D eigenvalue weighted by Crippen LogP contribution is 2.25. The van der Waals surface area contributed by atoms with E-state index in [1.165, 1.54) is 4.90 Å². The minimum atomic E-state index is -3.76. The van der Waals surface area contributed by atoms with Crippen molar-refractivity contribution in [2.75, 3.05) is 23.7 Å². The summed E-state index contributed by atoms with van der Waals surface area (Å²) in [6, 6.07) is 12.1. The standard InChI is InChI=1S/C25H34BrN3O4S/c1-17(2)14-27-25(31)20(5)28(15-21-8-7-9-22(26)13-21)24(30)16-29(34(6,32)33)23-12-18(3)10-11-19(23)4/h7-13,17,20H,14-16H2,1-6H3,(H,27,31)/t20-/m1/s1. The molecule has 0 heterocycles. The Morgan fingerprint density at radius 3 is 2.32 bits per heavy atom. The van der Waals surface area contributed by atoms with E-state index >= 15 is 0 Å². The highest BCUT2D eigenvalue weighted by atomic mass is 79.9. The van der Waals surface area contributed by atoms with Crippen LogP contribution in [0.3, 0.4) is 0 Å². The molecule has 2 aromatic rings. The number of benzene rings is 2. The zero-order valence-electron chi connectivity index (χ0n) is 20.6. The van der Waals surface area contributed by atoms with Crippen molar-refractivity contribution in [2.45, 2.75) is 47.2 Å². The van der Waals surface area contributed by atoms with Crippen molar-refractivity contribution < 1.29 is 18.0 Å². The highest BCUT2D eigenvalue weighted by Gasteiger charge is 2.30. The molecule has 1 N–H and O–H groups in total. The lowest BCUT2D eigenvalue weighted by Crippen LogP contribution is -2.51. The van der Waals surface area contributed by atoms with Gasteiger partial charge in [0.15, 0.2) is 0 Å². The zero-order chi connectivity index (χ0) is 25.6. The zero-order valence-corrected chi connectivity index (χ0v) is 23.0. The average Bonchev–Trinajstić information content (AvgIpc) is 2.74. The van der Waals surface area contributed by atoms with Gasteiger partial charge in [0.05, 0.1) is 11.9 Å². The van der Waals surface area contributed by atoms with Gasteiger partial charge in [0.2, 0.25) is 21.8 Å². The maximum atomic E-state index is 13.6. The summed E-state index contributed by atoms with van der Waals surface area (Å²) < 4.78 is 27.4. The van der Waals surface area contributed by atoms with Crippen LogP contribution in [0.25, 0.3) is 0 Å². The molecule has 0 aliphatic carbocycles. The second kappa shape index (κ2) is 11.8. The van der Waals surface area contributed by atoms with Gasteiger partial charge in [-0.3, -0.25) is 13.9 Å². The topological polar surface area (TPSA) is 86.8 Å². The van der Waals surface area contributed by atoms with Crippen LogP contribution in [0.2, 0.25) is 0 Å². The van der Waals surface area contributed by atoms with Gasteiger partial charge < -0.3 is 10.2 Å². The third-order valence-electron chi connectivity index (χ3n) is 5.41. The number of aryl methyl sites for hydroxylation is 2. The fraction of sp³-hybridized carbons (Fsp3) is 0.440. The van der Waals surface area contributed by atoms with Crippen LogP contribution in [0.15, 0.2) is 46.9 Å². The van der Waals surface area contributed by atoms with Gasteiger partial charge in [0.25, 0.3) is 0 Å². The highest BCUT2D eigenvalue weighted by molar-refractivity contribution is 9.10. The summed E-state index contributed by atoms with van der Waals surface area (Å²) in [6.07, 6.45) is 1.08. The Morgan fingerprint density at radius 1 is 1.06 bits per heavy atom. The van der Waals surface area contributed by atoms with Crippen LogP contribution in [-0.4, -0.2) is 50.5 Å². The van der Waals surface area contributed by atoms with E-state index in [4.69, 9.17) is 0 Å². The first-order valence-corrected chi connectivity index (χ1v) is 13.8. The third kappa shape index (κ3) is 7.84. The normalized spacial score (nSPS) is 12.4. The first kappa shape index (κ1) is 27.9. The van der Waals surface area contributed by atoms with Crippen LogP contribution in [-0.2, 0) is 26.2 Å². The van der Waals surface area contributed by atoms with E-state index in [1.54, 1.807) is 19.9 Å². The Morgan fingerprint density at radius 2 is 1.74 bits per heavy atom. The van der Waals surface area contributed by atoms with E-state index < -0.39 is 28.5 Å². The van der Waals surface area contributed by atoms with Crippen LogP contribution >= 0.6 is 15.9 Å². The Kier molecular flexibility index (Phi) is 9.70. The molecule has 0 aliphatic heterocycles. The first-order valence-electron chi connectivity index (χ1n) is 11.2. The number of nitrogens with one attached hydrogen (secondary N) is 1. The van der Waals surface area contributed by atoms with E-state index in [0.29, 0.717) is 12.2 Å². The molecular weight excluding hydrogens is 518 g/mol. The molecule has 0 aliphatic rings. The number of amides is 2. The van der Waals surface area contributed by atoms with Crippen LogP contribution < -0.4 is 9.62 Å². The maximum absolute atomic E-state index is 13.6. The smallest absolute Gasteiger partial charge is 0.244 e. The Bertz CT molecular complexity index is 1130. The van der Waals surface area contributed by atoms with Crippen molar-refractivity contribution in [3.63, 3.8) is 0 Å². The molecule has 186 valence electrons. The van der Waals surface area contributed by atoms with Gasteiger partial charge >= 0.3 is 0 Å². The lowest BCUT2D eigenvalue weighted by molar-refractivity contribution is -0.139. The molecule has 1 atom stereocenters. The van der Waals surface area contributed by atoms with Crippen LogP contribution in [0.4, 0.5) is 5.69 Å². The second-order valence-corrected chi connectivity index (χ2v) is 11.8. The number of anilines is 1. The van der Waals surface area contributed by atoms with Gasteiger partial charge in [-0.15, -0.1) is 0 Å². The summed E-state index contributed by atoms with van der Waals surface area (Å²) in [6.45, 7) is 9.56. The first-order chi connectivity index (χ1) is 15.8. The summed E-state index contributed by atoms with van der Waals surface area (Å²) >= 11 is 3.44. The van der Waals surface area contributed by atoms with E-state index in [9.17, 15) is 18.0 Å². The lowest BCUT2D eigenvalue weighted by Gasteiger charge is -2.32. The third-order valence-corrected chi connectivity index (χ3v) is 7.03. The molecule has 0 fully saturated rings. The Labute approximate surface area is 211 Å². The van der Waals surface area contributed by atoms with Crippen LogP contribution in [0.1, 0.15) is 37.5 Å². The molecule has 0 aromatic heterocycles. The van der Waals surface area contributed by atoms with Gasteiger partial charge in [-0.1, -0.05) is 54.0 Å². The van der Waals surface area contributed by atoms with Gasteiger partial charge in [0, 0.05) is 17.6 Å². The quantitative estimate of drug-likeness (QED) is 0.483. The largest absolute Gasteiger partial charge is 0.354 e. The number of hydrogen-bond acceptors (Lipinski definition) is 4. The number of sulfonamides is 1. The minimum Gasteiger partial charge on any atom is -0.354 e. The summed E-state index contributed by atoms with van der Waals surface area (Å²) in [4.78, 5) is 27.9. The van der Waals surface area contributed by atoms with Gasteiger partial charge in [-0.25, -0.2) is 8.42 Å². The van der Waals surface area contributed by atoms with Gasteiger partial charge in [0.1, 0.15) is 12.6 Å². The molecule has 0 bridgehead atoms. The molecular formula is C25H34BrN3O4S. The number of nitrogens with zero attached hydrogens (tertiary/aromatic N) is 2. The van der Waals surface area contributed by atoms with Crippen LogP contribution in [0, 0.1) is 19.8 Å². The van der Waals surface area contributed by atoms with Crippen molar-refractivity contribution in [1.82, 2.24) is 10.2 Å². The Balaban J connectivity index is 2.41. The fourth-order valence-corrected chi connectivity index (χ4v) is 4.80. The number of halogens is 1. The number of rotatable bonds is 10. The SMILES string of the molecule is Cc1ccc(C)c(N(CC(=O)N(Cc2cccc(Br)c2)[C@H](C)C(=O)NCC(C)C)S(C)(=O)=O)c1. The van der Waals surface area contributed by atoms with E-state index in [2.05, 4.69) is 21.2 Å². The molecule has 7 nitrogen and oxygen atoms in total. The molecule has 0 unspecified atom stereocenters. The molecule has 0 spiro atoms. The molecule has 9 heteroatoms. The second-order valence-electron chi connectivity index (χ2n) is 9.03. The maximum Gasteiger partial charge on any atom is 0.244 e. The summed E-state index contributed by atoms with van der Waals surface area (Å²) in [5.41, 5.74) is 2.90. The molecule has 0 saturated carbocycles. The van der Waals surface area contributed by atoms with Gasteiger partial charge in [-0.05, 0) is 61.6 Å². The predicted octanol–water partition coefficient (Wildman–Crippen LogP) is 4.02. The summed E-state index contributed by atoms with van der Waals surface area (Å²) in [5, 5.41) is 2.87. The lowest BCUT2D eigenvalue weighted by atomic mass is 10.1. The van der Waals surface area contributed by atoms with Crippen molar-refractivity contribution >= 4 is 43.5 Å². The molecule has 0 radical (unpaired) electrons. The number of carbonyl (C=O) groups excluding carboxylic acids is 2. The fourth-order valence-electron chi connectivity index (χ4n) is 3.45. The minimum absolute atomic E-state index is 0.166. The molecule has 2 rings (SSSR count). The van der Waals surface area contributed by atoms with Crippen LogP contribution in [0.5, 0.6) is 0 Å². The Hall–Kier alpha value is -2.39. The van der Waals surface area contributed by atoms with Crippen molar-refractivity contribution in [1.29, 1.82) is 0 Å². The number of hydrogen-bond donors (Lipinski definition) is 1. The van der Waals surface area contributed by atoms with Crippen molar-refractivity contribution in [3.05, 3.63) is 63.6 Å². The summed E-state index contributed by atoms with van der Waals surface area (Å²) in [5.74, 6) is -0.483. The van der Waals surface area contributed by atoms with Crippen molar-refractivity contribution in [3.8, 4) is 0 Å². The number of carbonyl (C=O) groups is 2. The average molecular weight is 553 g/mol. The molecule has 2 aromatic carbocycles. The predicted molar refractivity (Wildman–Crippen MR) is 140 cm³/mol. The summed E-state index contributed by atoms with van der Waals surface area (Å²) in [7, 11) is -3.76. The molecule has 0 saturated heterocycles. The van der Waals surface area contributed by atoms with Crippen molar-refractivity contribution in [2.24, 2.45) is 5.92 Å². The van der Waals surface area contributed by atoms with E-state index in [0.717, 1.165) is 31.7 Å². The van der Waals surface area contributed by atoms with E-state index in [1.807, 2.05) is 57.2 Å². The monoisotopic (exact) mass is 551 g/mol. The molecule has 34 heavy (non-hydrogen) atoms. The van der Waals surface area contributed by atoms with E-state index in [-0.39, 0.29) is 18.4 Å².